The monoisotopic (exact) mass is 196 g/mol. The molecule has 0 bridgehead atoms. The van der Waals surface area contributed by atoms with Crippen LogP contribution in [0.5, 0.6) is 0 Å². The quantitative estimate of drug-likeness (QED) is 0.623. The minimum absolute atomic E-state index is 0.307. The lowest BCUT2D eigenvalue weighted by molar-refractivity contribution is 0.230. The number of ether oxygens (including phenoxy) is 1. The van der Waals surface area contributed by atoms with E-state index in [1.807, 2.05) is 0 Å². The zero-order valence-corrected chi connectivity index (χ0v) is 9.88. The van der Waals surface area contributed by atoms with E-state index in [1.54, 1.807) is 0 Å². The van der Waals surface area contributed by atoms with E-state index in [-0.39, 0.29) is 0 Å². The maximum absolute atomic E-state index is 5.77. The predicted molar refractivity (Wildman–Crippen MR) is 59.3 cm³/mol. The summed E-state index contributed by atoms with van der Waals surface area (Å²) in [5.41, 5.74) is 0.307. The lowest BCUT2D eigenvalue weighted by Crippen LogP contribution is -2.26. The van der Waals surface area contributed by atoms with Gasteiger partial charge in [-0.15, -0.1) is 0 Å². The average Bonchev–Trinajstić information content (AvgIpc) is 2.85. The minimum Gasteiger partial charge on any atom is -0.366 e. The van der Waals surface area contributed by atoms with Crippen LogP contribution in [0.1, 0.15) is 59.3 Å². The van der Waals surface area contributed by atoms with Gasteiger partial charge in [0.1, 0.15) is 0 Å². The normalized spacial score (nSPS) is 43.1. The Morgan fingerprint density at radius 2 is 2.21 bits per heavy atom. The van der Waals surface area contributed by atoms with Crippen LogP contribution in [-0.4, -0.2) is 11.7 Å². The molecule has 4 unspecified atom stereocenters. The zero-order valence-electron chi connectivity index (χ0n) is 9.88. The van der Waals surface area contributed by atoms with Crippen LogP contribution in [-0.2, 0) is 4.74 Å². The topological polar surface area (TPSA) is 12.5 Å². The summed E-state index contributed by atoms with van der Waals surface area (Å²) in [6, 6.07) is 0. The van der Waals surface area contributed by atoms with Crippen molar-refractivity contribution in [2.75, 3.05) is 0 Å². The second kappa shape index (κ2) is 3.84. The van der Waals surface area contributed by atoms with Gasteiger partial charge in [0, 0.05) is 0 Å². The molecule has 1 nitrogen and oxygen atoms in total. The molecule has 2 rings (SSSR count). The first kappa shape index (κ1) is 10.5. The van der Waals surface area contributed by atoms with Gasteiger partial charge in [0.25, 0.3) is 0 Å². The molecule has 0 N–H and O–H groups in total. The van der Waals surface area contributed by atoms with Crippen molar-refractivity contribution in [1.82, 2.24) is 0 Å². The van der Waals surface area contributed by atoms with Crippen molar-refractivity contribution in [2.45, 2.75) is 71.0 Å². The summed E-state index contributed by atoms with van der Waals surface area (Å²) in [7, 11) is 0. The minimum atomic E-state index is 0.307. The lowest BCUT2D eigenvalue weighted by atomic mass is 9.74. The van der Waals surface area contributed by atoms with Gasteiger partial charge >= 0.3 is 0 Å². The van der Waals surface area contributed by atoms with Crippen LogP contribution in [0.3, 0.4) is 0 Å². The first-order valence-corrected chi connectivity index (χ1v) is 6.37. The van der Waals surface area contributed by atoms with Crippen molar-refractivity contribution in [3.63, 3.8) is 0 Å². The van der Waals surface area contributed by atoms with Gasteiger partial charge in [-0.2, -0.15) is 0 Å². The first-order chi connectivity index (χ1) is 6.69. The Morgan fingerprint density at radius 3 is 2.79 bits per heavy atom. The Hall–Kier alpha value is -0.0400. The molecule has 0 aromatic rings. The molecule has 2 fully saturated rings. The molecular weight excluding hydrogens is 172 g/mol. The molecule has 1 aliphatic carbocycles. The maximum Gasteiger partial charge on any atom is 0.0920 e. The first-order valence-electron chi connectivity index (χ1n) is 6.37. The Balaban J connectivity index is 1.86. The van der Waals surface area contributed by atoms with E-state index in [0.717, 1.165) is 11.8 Å². The highest BCUT2D eigenvalue weighted by Crippen LogP contribution is 2.51. The molecule has 4 atom stereocenters. The van der Waals surface area contributed by atoms with E-state index < -0.39 is 0 Å². The molecular formula is C13H24O. The third-order valence-electron chi connectivity index (χ3n) is 4.41. The summed E-state index contributed by atoms with van der Waals surface area (Å²) < 4.78 is 5.77. The number of fused-ring (bicyclic) bond motifs is 1. The molecule has 1 aliphatic heterocycles. The predicted octanol–water partition coefficient (Wildman–Crippen LogP) is 3.77. The van der Waals surface area contributed by atoms with Crippen molar-refractivity contribution in [3.8, 4) is 0 Å². The molecule has 0 spiro atoms. The van der Waals surface area contributed by atoms with Crippen molar-refractivity contribution in [1.29, 1.82) is 0 Å². The van der Waals surface area contributed by atoms with Gasteiger partial charge < -0.3 is 4.74 Å². The Labute approximate surface area is 88.2 Å². The van der Waals surface area contributed by atoms with E-state index in [1.165, 1.54) is 38.5 Å². The summed E-state index contributed by atoms with van der Waals surface area (Å²) in [5.74, 6) is 1.93. The SMILES string of the molecule is CCCC(CC)C1CCC2(C)OC2C1. The second-order valence-corrected chi connectivity index (χ2v) is 5.41. The summed E-state index contributed by atoms with van der Waals surface area (Å²) in [6.07, 6.45) is 8.81. The summed E-state index contributed by atoms with van der Waals surface area (Å²) in [5, 5.41) is 0. The van der Waals surface area contributed by atoms with E-state index in [4.69, 9.17) is 4.74 Å². The van der Waals surface area contributed by atoms with Crippen LogP contribution in [0, 0.1) is 11.8 Å². The summed E-state index contributed by atoms with van der Waals surface area (Å²) in [4.78, 5) is 0. The van der Waals surface area contributed by atoms with Crippen molar-refractivity contribution >= 4 is 0 Å². The third-order valence-corrected chi connectivity index (χ3v) is 4.41. The van der Waals surface area contributed by atoms with Crippen LogP contribution in [0.2, 0.25) is 0 Å². The van der Waals surface area contributed by atoms with Gasteiger partial charge in [0.2, 0.25) is 0 Å². The van der Waals surface area contributed by atoms with E-state index in [2.05, 4.69) is 20.8 Å². The fourth-order valence-corrected chi connectivity index (χ4v) is 3.25. The Morgan fingerprint density at radius 1 is 1.43 bits per heavy atom. The molecule has 1 saturated carbocycles. The lowest BCUT2D eigenvalue weighted by Gasteiger charge is -2.29. The van der Waals surface area contributed by atoms with Gasteiger partial charge in [0.15, 0.2) is 0 Å². The van der Waals surface area contributed by atoms with Gasteiger partial charge in [-0.25, -0.2) is 0 Å². The third kappa shape index (κ3) is 1.84. The molecule has 0 aromatic carbocycles. The molecule has 1 heteroatoms. The van der Waals surface area contributed by atoms with Crippen molar-refractivity contribution in [2.24, 2.45) is 11.8 Å². The largest absolute Gasteiger partial charge is 0.366 e. The highest BCUT2D eigenvalue weighted by molar-refractivity contribution is 5.04. The average molecular weight is 196 g/mol. The highest BCUT2D eigenvalue weighted by atomic mass is 16.6. The fraction of sp³-hybridized carbons (Fsp3) is 1.00. The number of hydrogen-bond donors (Lipinski definition) is 0. The molecule has 0 radical (unpaired) electrons. The maximum atomic E-state index is 5.77. The Kier molecular flexibility index (Phi) is 2.88. The number of hydrogen-bond acceptors (Lipinski definition) is 1. The number of rotatable bonds is 4. The molecule has 1 heterocycles. The van der Waals surface area contributed by atoms with Crippen LogP contribution >= 0.6 is 0 Å². The molecule has 14 heavy (non-hydrogen) atoms. The summed E-state index contributed by atoms with van der Waals surface area (Å²) in [6.45, 7) is 6.94. The Bertz CT molecular complexity index is 201. The highest BCUT2D eigenvalue weighted by Gasteiger charge is 2.55. The summed E-state index contributed by atoms with van der Waals surface area (Å²) >= 11 is 0. The van der Waals surface area contributed by atoms with Gasteiger partial charge in [0.05, 0.1) is 11.7 Å². The fourth-order valence-electron chi connectivity index (χ4n) is 3.25. The van der Waals surface area contributed by atoms with Crippen LogP contribution in [0.4, 0.5) is 0 Å². The van der Waals surface area contributed by atoms with Gasteiger partial charge in [-0.05, 0) is 38.0 Å². The smallest absolute Gasteiger partial charge is 0.0920 e. The molecule has 82 valence electrons. The van der Waals surface area contributed by atoms with Crippen LogP contribution in [0.25, 0.3) is 0 Å². The second-order valence-electron chi connectivity index (χ2n) is 5.41. The van der Waals surface area contributed by atoms with Gasteiger partial charge in [-0.1, -0.05) is 33.1 Å². The molecule has 2 aliphatic rings. The van der Waals surface area contributed by atoms with Gasteiger partial charge in [-0.3, -0.25) is 0 Å². The van der Waals surface area contributed by atoms with Crippen LogP contribution in [0.15, 0.2) is 0 Å². The molecule has 1 saturated heterocycles. The van der Waals surface area contributed by atoms with E-state index in [0.29, 0.717) is 11.7 Å². The van der Waals surface area contributed by atoms with Crippen molar-refractivity contribution < 1.29 is 4.74 Å². The van der Waals surface area contributed by atoms with Crippen molar-refractivity contribution in [3.05, 3.63) is 0 Å². The zero-order chi connectivity index (χ0) is 10.2. The molecule has 0 aromatic heterocycles. The number of epoxide rings is 1. The standard InChI is InChI=1S/C13H24O/c1-4-6-10(5-2)11-7-8-13(3)12(9-11)14-13/h10-12H,4-9H2,1-3H3. The van der Waals surface area contributed by atoms with E-state index >= 15 is 0 Å². The molecule has 0 amide bonds. The van der Waals surface area contributed by atoms with Crippen LogP contribution < -0.4 is 0 Å². The van der Waals surface area contributed by atoms with E-state index in [9.17, 15) is 0 Å².